The summed E-state index contributed by atoms with van der Waals surface area (Å²) >= 11 is 0. The van der Waals surface area contributed by atoms with Crippen LogP contribution in [0.15, 0.2) is 24.3 Å². The Bertz CT molecular complexity index is 340. The minimum Gasteiger partial charge on any atom is -0.490 e. The highest BCUT2D eigenvalue weighted by molar-refractivity contribution is 5.37. The molecule has 4 heteroatoms. The van der Waals surface area contributed by atoms with Crippen molar-refractivity contribution in [2.45, 2.75) is 25.9 Å². The van der Waals surface area contributed by atoms with Gasteiger partial charge in [-0.05, 0) is 33.0 Å². The van der Waals surface area contributed by atoms with Crippen LogP contribution in [0.2, 0.25) is 0 Å². The van der Waals surface area contributed by atoms with Crippen LogP contribution in [0.25, 0.3) is 0 Å². The minimum atomic E-state index is -2.92. The lowest BCUT2D eigenvalue weighted by atomic mass is 10.1. The van der Waals surface area contributed by atoms with Gasteiger partial charge in [0.05, 0.1) is 18.2 Å². The van der Waals surface area contributed by atoms with Crippen LogP contribution in [0.5, 0.6) is 5.75 Å². The van der Waals surface area contributed by atoms with Crippen molar-refractivity contribution < 1.29 is 13.5 Å². The molecule has 1 aromatic rings. The normalized spacial score (nSPS) is 11.9. The van der Waals surface area contributed by atoms with E-state index in [0.717, 1.165) is 0 Å². The number of likely N-dealkylation sites (N-methyl/N-ethyl adjacent to an activating group) is 1. The Balaban J connectivity index is 3.02. The van der Waals surface area contributed by atoms with E-state index in [2.05, 4.69) is 5.32 Å². The molecule has 0 heterocycles. The van der Waals surface area contributed by atoms with E-state index in [1.807, 2.05) is 13.8 Å². The van der Waals surface area contributed by atoms with Crippen molar-refractivity contribution in [2.75, 3.05) is 13.6 Å². The first-order valence-electron chi connectivity index (χ1n) is 5.26. The first-order valence-corrected chi connectivity index (χ1v) is 5.26. The van der Waals surface area contributed by atoms with E-state index in [-0.39, 0.29) is 17.4 Å². The van der Waals surface area contributed by atoms with Crippen molar-refractivity contribution in [1.29, 1.82) is 0 Å². The monoisotopic (exact) mass is 229 g/mol. The first kappa shape index (κ1) is 12.9. The molecule has 0 spiro atoms. The van der Waals surface area contributed by atoms with Crippen molar-refractivity contribution in [3.8, 4) is 5.75 Å². The lowest BCUT2D eigenvalue weighted by Crippen LogP contribution is -2.29. The van der Waals surface area contributed by atoms with E-state index in [1.54, 1.807) is 18.2 Å². The van der Waals surface area contributed by atoms with Gasteiger partial charge < -0.3 is 10.1 Å². The summed E-state index contributed by atoms with van der Waals surface area (Å²) in [6, 6.07) is 6.25. The lowest BCUT2D eigenvalue weighted by Gasteiger charge is -2.21. The minimum absolute atomic E-state index is 0.0713. The molecule has 1 N–H and O–H groups in total. The molecular weight excluding hydrogens is 212 g/mol. The topological polar surface area (TPSA) is 21.3 Å². The van der Waals surface area contributed by atoms with E-state index in [1.165, 1.54) is 13.1 Å². The van der Waals surface area contributed by atoms with Crippen LogP contribution in [0.1, 0.15) is 19.4 Å². The summed E-state index contributed by atoms with van der Waals surface area (Å²) in [5, 5.41) is 2.48. The van der Waals surface area contributed by atoms with Crippen LogP contribution in [-0.4, -0.2) is 19.7 Å². The summed E-state index contributed by atoms with van der Waals surface area (Å²) in [5.74, 6) is -2.67. The summed E-state index contributed by atoms with van der Waals surface area (Å²) in [7, 11) is 1.50. The number of benzene rings is 1. The number of hydrogen-bond donors (Lipinski definition) is 1. The Labute approximate surface area is 94.6 Å². The summed E-state index contributed by atoms with van der Waals surface area (Å²) in [6.07, 6.45) is -0.119. The summed E-state index contributed by atoms with van der Waals surface area (Å²) in [6.45, 7) is 3.23. The second kappa shape index (κ2) is 5.25. The molecule has 0 saturated carbocycles. The summed E-state index contributed by atoms with van der Waals surface area (Å²) < 4.78 is 32.8. The molecule has 0 aliphatic heterocycles. The zero-order valence-electron chi connectivity index (χ0n) is 9.76. The molecular formula is C12H17F2NO. The molecule has 0 saturated heterocycles. The number of ether oxygens (including phenoxy) is 1. The van der Waals surface area contributed by atoms with Gasteiger partial charge in [0.2, 0.25) is 0 Å². The highest BCUT2D eigenvalue weighted by atomic mass is 19.3. The Hall–Kier alpha value is -1.16. The third-order valence-corrected chi connectivity index (χ3v) is 2.04. The molecule has 1 rings (SSSR count). The number of alkyl halides is 2. The van der Waals surface area contributed by atoms with Gasteiger partial charge in [-0.3, -0.25) is 0 Å². The summed E-state index contributed by atoms with van der Waals surface area (Å²) in [5.41, 5.74) is -0.0713. The second-order valence-corrected chi connectivity index (χ2v) is 3.90. The van der Waals surface area contributed by atoms with Crippen molar-refractivity contribution in [2.24, 2.45) is 0 Å². The van der Waals surface area contributed by atoms with Gasteiger partial charge in [0, 0.05) is 0 Å². The maximum Gasteiger partial charge on any atom is 0.288 e. The number of para-hydroxylation sites is 1. The van der Waals surface area contributed by atoms with Crippen molar-refractivity contribution in [3.63, 3.8) is 0 Å². The average molecular weight is 229 g/mol. The molecule has 0 atom stereocenters. The third-order valence-electron chi connectivity index (χ3n) is 2.04. The molecule has 0 radical (unpaired) electrons. The fourth-order valence-electron chi connectivity index (χ4n) is 1.44. The predicted molar refractivity (Wildman–Crippen MR) is 60.0 cm³/mol. The lowest BCUT2D eigenvalue weighted by molar-refractivity contribution is -0.00462. The zero-order valence-corrected chi connectivity index (χ0v) is 9.76. The maximum atomic E-state index is 13.7. The van der Waals surface area contributed by atoms with E-state index in [9.17, 15) is 8.78 Å². The van der Waals surface area contributed by atoms with Crippen LogP contribution in [-0.2, 0) is 5.92 Å². The molecule has 0 amide bonds. The SMILES string of the molecule is CNCC(F)(F)c1ccccc1OC(C)C. The standard InChI is InChI=1S/C12H17F2NO/c1-9(2)16-11-7-5-4-6-10(11)12(13,14)8-15-3/h4-7,9,15H,8H2,1-3H3. The van der Waals surface area contributed by atoms with Crippen molar-refractivity contribution in [3.05, 3.63) is 29.8 Å². The fourth-order valence-corrected chi connectivity index (χ4v) is 1.44. The Morgan fingerprint density at radius 2 is 1.94 bits per heavy atom. The molecule has 0 aliphatic carbocycles. The molecule has 2 nitrogen and oxygen atoms in total. The maximum absolute atomic E-state index is 13.7. The third kappa shape index (κ3) is 3.17. The molecule has 0 unspecified atom stereocenters. The molecule has 0 fully saturated rings. The van der Waals surface area contributed by atoms with Crippen LogP contribution in [0.3, 0.4) is 0 Å². The van der Waals surface area contributed by atoms with Gasteiger partial charge in [0.1, 0.15) is 5.75 Å². The summed E-state index contributed by atoms with van der Waals surface area (Å²) in [4.78, 5) is 0. The van der Waals surface area contributed by atoms with Gasteiger partial charge >= 0.3 is 0 Å². The van der Waals surface area contributed by atoms with Gasteiger partial charge in [0.25, 0.3) is 5.92 Å². The van der Waals surface area contributed by atoms with Gasteiger partial charge in [-0.15, -0.1) is 0 Å². The largest absolute Gasteiger partial charge is 0.490 e. The number of halogens is 2. The van der Waals surface area contributed by atoms with E-state index in [0.29, 0.717) is 0 Å². The van der Waals surface area contributed by atoms with E-state index < -0.39 is 12.5 Å². The fraction of sp³-hybridized carbons (Fsp3) is 0.500. The molecule has 0 aromatic heterocycles. The van der Waals surface area contributed by atoms with Gasteiger partial charge in [-0.1, -0.05) is 12.1 Å². The Kier molecular flexibility index (Phi) is 4.24. The molecule has 90 valence electrons. The van der Waals surface area contributed by atoms with Crippen LogP contribution in [0.4, 0.5) is 8.78 Å². The quantitative estimate of drug-likeness (QED) is 0.838. The molecule has 16 heavy (non-hydrogen) atoms. The van der Waals surface area contributed by atoms with Gasteiger partial charge in [-0.2, -0.15) is 8.78 Å². The average Bonchev–Trinajstić information content (AvgIpc) is 2.17. The second-order valence-electron chi connectivity index (χ2n) is 3.90. The highest BCUT2D eigenvalue weighted by Gasteiger charge is 2.33. The van der Waals surface area contributed by atoms with Crippen LogP contribution >= 0.6 is 0 Å². The van der Waals surface area contributed by atoms with Crippen LogP contribution < -0.4 is 10.1 Å². The Morgan fingerprint density at radius 3 is 2.50 bits per heavy atom. The number of nitrogens with one attached hydrogen (secondary N) is 1. The molecule has 0 bridgehead atoms. The number of hydrogen-bond acceptors (Lipinski definition) is 2. The van der Waals surface area contributed by atoms with E-state index >= 15 is 0 Å². The van der Waals surface area contributed by atoms with Gasteiger partial charge in [0.15, 0.2) is 0 Å². The van der Waals surface area contributed by atoms with Gasteiger partial charge in [-0.25, -0.2) is 0 Å². The smallest absolute Gasteiger partial charge is 0.288 e. The highest BCUT2D eigenvalue weighted by Crippen LogP contribution is 2.34. The van der Waals surface area contributed by atoms with Crippen molar-refractivity contribution >= 4 is 0 Å². The zero-order chi connectivity index (χ0) is 12.2. The molecule has 1 aromatic carbocycles. The molecule has 0 aliphatic rings. The number of rotatable bonds is 5. The Morgan fingerprint density at radius 1 is 1.31 bits per heavy atom. The predicted octanol–water partition coefficient (Wildman–Crippen LogP) is 2.79. The van der Waals surface area contributed by atoms with Crippen molar-refractivity contribution in [1.82, 2.24) is 5.32 Å². The van der Waals surface area contributed by atoms with Crippen LogP contribution in [0, 0.1) is 0 Å². The first-order chi connectivity index (χ1) is 7.47. The van der Waals surface area contributed by atoms with E-state index in [4.69, 9.17) is 4.74 Å².